The van der Waals surface area contributed by atoms with Crippen LogP contribution in [0.2, 0.25) is 5.02 Å². The van der Waals surface area contributed by atoms with Gasteiger partial charge in [-0.15, -0.1) is 12.4 Å². The highest BCUT2D eigenvalue weighted by Gasteiger charge is 1.97. The van der Waals surface area contributed by atoms with E-state index in [2.05, 4.69) is 5.32 Å². The maximum atomic E-state index is 6.05. The molecule has 3 heteroatoms. The topological polar surface area (TPSA) is 12.0 Å². The zero-order valence-corrected chi connectivity index (χ0v) is 10.3. The maximum absolute atomic E-state index is 6.05. The summed E-state index contributed by atoms with van der Waals surface area (Å²) < 4.78 is 0. The summed E-state index contributed by atoms with van der Waals surface area (Å²) in [6.45, 7) is 0.754. The summed E-state index contributed by atoms with van der Waals surface area (Å²) in [6, 6.07) is 18.0. The number of hydrogen-bond donors (Lipinski definition) is 1. The van der Waals surface area contributed by atoms with Crippen LogP contribution in [0.3, 0.4) is 0 Å². The van der Waals surface area contributed by atoms with Crippen molar-refractivity contribution in [3.8, 4) is 0 Å². The summed E-state index contributed by atoms with van der Waals surface area (Å²) >= 11 is 6.05. The first-order valence-corrected chi connectivity index (χ1v) is 5.26. The average Bonchev–Trinajstić information content (AvgIpc) is 2.29. The highest BCUT2D eigenvalue weighted by atomic mass is 35.5. The van der Waals surface area contributed by atoms with Crippen LogP contribution in [0.25, 0.3) is 0 Å². The molecule has 0 aliphatic rings. The average molecular weight is 254 g/mol. The molecule has 0 bridgehead atoms. The Morgan fingerprint density at radius 1 is 0.875 bits per heavy atom. The number of hydrogen-bond acceptors (Lipinski definition) is 1. The zero-order valence-electron chi connectivity index (χ0n) is 8.69. The van der Waals surface area contributed by atoms with Crippen molar-refractivity contribution >= 4 is 29.7 Å². The molecule has 84 valence electrons. The van der Waals surface area contributed by atoms with E-state index in [4.69, 9.17) is 11.6 Å². The summed E-state index contributed by atoms with van der Waals surface area (Å²) in [5.74, 6) is 0. The Morgan fingerprint density at radius 3 is 2.19 bits per heavy atom. The van der Waals surface area contributed by atoms with E-state index in [1.165, 1.54) is 0 Å². The predicted molar refractivity (Wildman–Crippen MR) is 72.5 cm³/mol. The third-order valence-electron chi connectivity index (χ3n) is 2.21. The van der Waals surface area contributed by atoms with Crippen molar-refractivity contribution in [2.24, 2.45) is 0 Å². The van der Waals surface area contributed by atoms with Crippen LogP contribution in [0, 0.1) is 0 Å². The maximum Gasteiger partial charge on any atom is 0.0455 e. The first-order valence-electron chi connectivity index (χ1n) is 4.88. The van der Waals surface area contributed by atoms with Gasteiger partial charge in [-0.05, 0) is 23.8 Å². The summed E-state index contributed by atoms with van der Waals surface area (Å²) in [6.07, 6.45) is 0. The van der Waals surface area contributed by atoms with Crippen molar-refractivity contribution < 1.29 is 0 Å². The van der Waals surface area contributed by atoms with Gasteiger partial charge >= 0.3 is 0 Å². The van der Waals surface area contributed by atoms with E-state index < -0.39 is 0 Å². The minimum absolute atomic E-state index is 0. The minimum atomic E-state index is 0. The standard InChI is InChI=1S/C13H12ClN.ClH/c14-13-9-5-4-6-11(13)10-15-12-7-2-1-3-8-12;/h1-9,15H,10H2;1H. The van der Waals surface area contributed by atoms with Gasteiger partial charge in [-0.2, -0.15) is 0 Å². The Balaban J connectivity index is 0.00000128. The molecule has 2 aromatic rings. The van der Waals surface area contributed by atoms with Gasteiger partial charge in [0.15, 0.2) is 0 Å². The quantitative estimate of drug-likeness (QED) is 0.857. The van der Waals surface area contributed by atoms with Gasteiger partial charge in [0.1, 0.15) is 0 Å². The number of para-hydroxylation sites is 1. The second-order valence-corrected chi connectivity index (χ2v) is 3.72. The molecule has 0 saturated carbocycles. The molecule has 16 heavy (non-hydrogen) atoms. The predicted octanol–water partition coefficient (Wildman–Crippen LogP) is 4.37. The van der Waals surface area contributed by atoms with Crippen molar-refractivity contribution in [1.82, 2.24) is 0 Å². The molecule has 2 aromatic carbocycles. The summed E-state index contributed by atoms with van der Waals surface area (Å²) in [7, 11) is 0. The number of halogens is 2. The molecule has 0 aliphatic heterocycles. The van der Waals surface area contributed by atoms with Gasteiger partial charge < -0.3 is 5.32 Å². The Morgan fingerprint density at radius 2 is 1.50 bits per heavy atom. The number of nitrogens with one attached hydrogen (secondary N) is 1. The molecule has 0 heterocycles. The van der Waals surface area contributed by atoms with Crippen LogP contribution in [0.5, 0.6) is 0 Å². The van der Waals surface area contributed by atoms with E-state index in [0.29, 0.717) is 0 Å². The molecule has 0 saturated heterocycles. The summed E-state index contributed by atoms with van der Waals surface area (Å²) in [5.41, 5.74) is 2.22. The SMILES string of the molecule is Cl.Clc1ccccc1CNc1ccccc1. The smallest absolute Gasteiger partial charge is 0.0455 e. The fourth-order valence-electron chi connectivity index (χ4n) is 1.40. The van der Waals surface area contributed by atoms with Crippen molar-refractivity contribution in [3.05, 3.63) is 65.2 Å². The van der Waals surface area contributed by atoms with E-state index in [-0.39, 0.29) is 12.4 Å². The van der Waals surface area contributed by atoms with Gasteiger partial charge in [-0.25, -0.2) is 0 Å². The summed E-state index contributed by atoms with van der Waals surface area (Å²) in [5, 5.41) is 4.12. The first kappa shape index (κ1) is 12.9. The van der Waals surface area contributed by atoms with Crippen LogP contribution >= 0.6 is 24.0 Å². The molecule has 0 spiro atoms. The van der Waals surface area contributed by atoms with Gasteiger partial charge in [-0.3, -0.25) is 0 Å². The third-order valence-corrected chi connectivity index (χ3v) is 2.58. The molecule has 0 fully saturated rings. The highest BCUT2D eigenvalue weighted by Crippen LogP contribution is 2.16. The van der Waals surface area contributed by atoms with Gasteiger partial charge in [0, 0.05) is 17.3 Å². The van der Waals surface area contributed by atoms with Crippen molar-refractivity contribution in [2.75, 3.05) is 5.32 Å². The number of anilines is 1. The van der Waals surface area contributed by atoms with E-state index in [9.17, 15) is 0 Å². The molecular formula is C13H13Cl2N. The Hall–Kier alpha value is -1.18. The zero-order chi connectivity index (χ0) is 10.5. The lowest BCUT2D eigenvalue weighted by Crippen LogP contribution is -1.99. The van der Waals surface area contributed by atoms with E-state index in [1.807, 2.05) is 54.6 Å². The molecule has 0 radical (unpaired) electrons. The second kappa shape index (κ2) is 6.41. The molecule has 2 rings (SSSR count). The van der Waals surface area contributed by atoms with Crippen LogP contribution in [0.1, 0.15) is 5.56 Å². The Bertz CT molecular complexity index is 429. The van der Waals surface area contributed by atoms with Gasteiger partial charge in [0.2, 0.25) is 0 Å². The van der Waals surface area contributed by atoms with Crippen molar-refractivity contribution in [2.45, 2.75) is 6.54 Å². The van der Waals surface area contributed by atoms with Gasteiger partial charge in [-0.1, -0.05) is 48.0 Å². The van der Waals surface area contributed by atoms with Crippen molar-refractivity contribution in [1.29, 1.82) is 0 Å². The van der Waals surface area contributed by atoms with Crippen LogP contribution < -0.4 is 5.32 Å². The number of rotatable bonds is 3. The minimum Gasteiger partial charge on any atom is -0.381 e. The van der Waals surface area contributed by atoms with E-state index in [1.54, 1.807) is 0 Å². The molecule has 0 aliphatic carbocycles. The molecule has 0 unspecified atom stereocenters. The van der Waals surface area contributed by atoms with Crippen LogP contribution in [-0.4, -0.2) is 0 Å². The molecule has 1 nitrogen and oxygen atoms in total. The lowest BCUT2D eigenvalue weighted by atomic mass is 10.2. The summed E-state index contributed by atoms with van der Waals surface area (Å²) in [4.78, 5) is 0. The van der Waals surface area contributed by atoms with Crippen LogP contribution in [0.4, 0.5) is 5.69 Å². The molecule has 1 N–H and O–H groups in total. The highest BCUT2D eigenvalue weighted by molar-refractivity contribution is 6.31. The molecule has 0 atom stereocenters. The Labute approximate surface area is 107 Å². The normalized spacial score (nSPS) is 9.31. The third kappa shape index (κ3) is 3.44. The molecule has 0 aromatic heterocycles. The fourth-order valence-corrected chi connectivity index (χ4v) is 1.60. The fraction of sp³-hybridized carbons (Fsp3) is 0.0769. The van der Waals surface area contributed by atoms with E-state index >= 15 is 0 Å². The molecule has 0 amide bonds. The largest absolute Gasteiger partial charge is 0.381 e. The first-order chi connectivity index (χ1) is 7.36. The second-order valence-electron chi connectivity index (χ2n) is 3.31. The molecular weight excluding hydrogens is 241 g/mol. The van der Waals surface area contributed by atoms with Crippen LogP contribution in [0.15, 0.2) is 54.6 Å². The number of benzene rings is 2. The van der Waals surface area contributed by atoms with Gasteiger partial charge in [0.05, 0.1) is 0 Å². The lowest BCUT2D eigenvalue weighted by Gasteiger charge is -2.07. The van der Waals surface area contributed by atoms with Gasteiger partial charge in [0.25, 0.3) is 0 Å². The van der Waals surface area contributed by atoms with Crippen LogP contribution in [-0.2, 0) is 6.54 Å². The van der Waals surface area contributed by atoms with E-state index in [0.717, 1.165) is 22.8 Å². The Kier molecular flexibility index (Phi) is 5.17. The van der Waals surface area contributed by atoms with Crippen molar-refractivity contribution in [3.63, 3.8) is 0 Å². The lowest BCUT2D eigenvalue weighted by molar-refractivity contribution is 1.15. The monoisotopic (exact) mass is 253 g/mol.